The van der Waals surface area contributed by atoms with Crippen LogP contribution in [0.1, 0.15) is 10.5 Å². The number of nitrogens with zero attached hydrogens (tertiary/aromatic N) is 2. The van der Waals surface area contributed by atoms with Gasteiger partial charge in [-0.3, -0.25) is 9.59 Å². The number of aryl methyl sites for hydroxylation is 1. The van der Waals surface area contributed by atoms with E-state index < -0.39 is 5.91 Å². The molecule has 1 heterocycles. The highest BCUT2D eigenvalue weighted by Crippen LogP contribution is 2.27. The summed E-state index contributed by atoms with van der Waals surface area (Å²) >= 11 is 5.88. The minimum absolute atomic E-state index is 0.120. The van der Waals surface area contributed by atoms with Crippen LogP contribution in [0.5, 0.6) is 5.75 Å². The number of hydrogen-bond donors (Lipinski definition) is 1. The smallest absolute Gasteiger partial charge is 0.276 e. The van der Waals surface area contributed by atoms with E-state index in [4.69, 9.17) is 16.3 Å². The quantitative estimate of drug-likeness (QED) is 0.935. The molecule has 0 unspecified atom stereocenters. The van der Waals surface area contributed by atoms with Gasteiger partial charge in [-0.15, -0.1) is 0 Å². The highest BCUT2D eigenvalue weighted by atomic mass is 35.5. The van der Waals surface area contributed by atoms with E-state index in [1.54, 1.807) is 18.2 Å². The van der Waals surface area contributed by atoms with Crippen molar-refractivity contribution in [3.63, 3.8) is 0 Å². The third kappa shape index (κ3) is 2.97. The van der Waals surface area contributed by atoms with E-state index in [2.05, 4.69) is 10.4 Å². The number of aromatic nitrogens is 2. The number of carbonyl (C=O) groups excluding carboxylic acids is 1. The van der Waals surface area contributed by atoms with E-state index >= 15 is 0 Å². The van der Waals surface area contributed by atoms with Crippen LogP contribution < -0.4 is 15.6 Å². The van der Waals surface area contributed by atoms with Crippen molar-refractivity contribution in [2.75, 3.05) is 12.4 Å². The number of halogens is 1. The van der Waals surface area contributed by atoms with Gasteiger partial charge in [0.05, 0.1) is 12.8 Å². The molecule has 2 aromatic rings. The molecule has 0 aliphatic carbocycles. The third-order valence-corrected chi connectivity index (χ3v) is 2.84. The Balaban J connectivity index is 2.29. The predicted octanol–water partition coefficient (Wildman–Crippen LogP) is 1.69. The summed E-state index contributed by atoms with van der Waals surface area (Å²) in [6.45, 7) is 0. The van der Waals surface area contributed by atoms with Crippen molar-refractivity contribution in [3.05, 3.63) is 51.4 Å². The van der Waals surface area contributed by atoms with E-state index in [1.807, 2.05) is 0 Å². The van der Waals surface area contributed by atoms with Gasteiger partial charge >= 0.3 is 0 Å². The number of ether oxygens (including phenoxy) is 1. The summed E-state index contributed by atoms with van der Waals surface area (Å²) in [5, 5.41) is 6.97. The second kappa shape index (κ2) is 5.75. The molecule has 1 N–H and O–H groups in total. The van der Waals surface area contributed by atoms with E-state index in [1.165, 1.54) is 26.3 Å². The fourth-order valence-electron chi connectivity index (χ4n) is 1.59. The maximum absolute atomic E-state index is 12.1. The highest BCUT2D eigenvalue weighted by Gasteiger charge is 2.12. The summed E-state index contributed by atoms with van der Waals surface area (Å²) in [5.74, 6) is 0.0220. The molecule has 0 spiro atoms. The average molecular weight is 294 g/mol. The van der Waals surface area contributed by atoms with Crippen molar-refractivity contribution >= 4 is 23.2 Å². The molecule has 1 amide bonds. The van der Waals surface area contributed by atoms with Crippen LogP contribution in [0, 0.1) is 0 Å². The van der Waals surface area contributed by atoms with Gasteiger partial charge in [0.2, 0.25) is 0 Å². The zero-order valence-electron chi connectivity index (χ0n) is 10.9. The Morgan fingerprint density at radius 1 is 1.35 bits per heavy atom. The van der Waals surface area contributed by atoms with Crippen molar-refractivity contribution in [2.45, 2.75) is 0 Å². The van der Waals surface area contributed by atoms with Crippen molar-refractivity contribution < 1.29 is 9.53 Å². The van der Waals surface area contributed by atoms with Crippen LogP contribution in [-0.4, -0.2) is 22.8 Å². The van der Waals surface area contributed by atoms with Gasteiger partial charge in [-0.25, -0.2) is 4.68 Å². The first-order valence-electron chi connectivity index (χ1n) is 5.70. The lowest BCUT2D eigenvalue weighted by Crippen LogP contribution is -2.23. The first-order valence-corrected chi connectivity index (χ1v) is 6.08. The number of benzene rings is 1. The summed E-state index contributed by atoms with van der Waals surface area (Å²) in [6.07, 6.45) is 0. The summed E-state index contributed by atoms with van der Waals surface area (Å²) in [4.78, 5) is 23.3. The molecule has 0 aliphatic rings. The van der Waals surface area contributed by atoms with Crippen LogP contribution in [0.3, 0.4) is 0 Å². The standard InChI is InChI=1S/C13H12ClN3O3/c1-17-12(18)6-4-9(16-17)13(19)15-10-7-8(14)3-5-11(10)20-2/h3-7H,1-2H3,(H,15,19). The van der Waals surface area contributed by atoms with E-state index in [9.17, 15) is 9.59 Å². The minimum Gasteiger partial charge on any atom is -0.495 e. The minimum atomic E-state index is -0.457. The second-order valence-corrected chi connectivity index (χ2v) is 4.42. The molecule has 0 aliphatic heterocycles. The summed E-state index contributed by atoms with van der Waals surface area (Å²) < 4.78 is 6.22. The topological polar surface area (TPSA) is 73.2 Å². The van der Waals surface area contributed by atoms with E-state index in [-0.39, 0.29) is 11.3 Å². The average Bonchev–Trinajstić information content (AvgIpc) is 2.42. The summed E-state index contributed by atoms with van der Waals surface area (Å²) in [6, 6.07) is 7.50. The Morgan fingerprint density at radius 2 is 2.10 bits per heavy atom. The van der Waals surface area contributed by atoms with Gasteiger partial charge in [-0.05, 0) is 24.3 Å². The molecule has 0 radical (unpaired) electrons. The SMILES string of the molecule is COc1ccc(Cl)cc1NC(=O)c1ccc(=O)n(C)n1. The predicted molar refractivity (Wildman–Crippen MR) is 75.4 cm³/mol. The van der Waals surface area contributed by atoms with E-state index in [0.717, 1.165) is 4.68 Å². The van der Waals surface area contributed by atoms with Crippen LogP contribution in [0.15, 0.2) is 35.1 Å². The van der Waals surface area contributed by atoms with Crippen molar-refractivity contribution in [1.82, 2.24) is 9.78 Å². The maximum Gasteiger partial charge on any atom is 0.276 e. The maximum atomic E-state index is 12.1. The van der Waals surface area contributed by atoms with Gasteiger partial charge in [0, 0.05) is 18.1 Å². The van der Waals surface area contributed by atoms with Gasteiger partial charge in [-0.2, -0.15) is 5.10 Å². The zero-order chi connectivity index (χ0) is 14.7. The van der Waals surface area contributed by atoms with Crippen molar-refractivity contribution in [1.29, 1.82) is 0 Å². The zero-order valence-corrected chi connectivity index (χ0v) is 11.6. The largest absolute Gasteiger partial charge is 0.495 e. The Morgan fingerprint density at radius 3 is 2.75 bits per heavy atom. The number of amides is 1. The summed E-state index contributed by atoms with van der Waals surface area (Å²) in [7, 11) is 2.96. The second-order valence-electron chi connectivity index (χ2n) is 3.98. The number of anilines is 1. The number of rotatable bonds is 3. The first-order chi connectivity index (χ1) is 9.51. The van der Waals surface area contributed by atoms with Crippen LogP contribution in [0.2, 0.25) is 5.02 Å². The molecule has 2 rings (SSSR count). The number of hydrogen-bond acceptors (Lipinski definition) is 4. The Kier molecular flexibility index (Phi) is 4.05. The van der Waals surface area contributed by atoms with Crippen LogP contribution in [0.25, 0.3) is 0 Å². The third-order valence-electron chi connectivity index (χ3n) is 2.60. The lowest BCUT2D eigenvalue weighted by Gasteiger charge is -2.10. The van der Waals surface area contributed by atoms with Gasteiger partial charge in [0.1, 0.15) is 11.4 Å². The van der Waals surface area contributed by atoms with Crippen molar-refractivity contribution in [2.24, 2.45) is 7.05 Å². The molecule has 7 heteroatoms. The first kappa shape index (κ1) is 14.1. The molecule has 0 bridgehead atoms. The van der Waals surface area contributed by atoms with Gasteiger partial charge < -0.3 is 10.1 Å². The Hall–Kier alpha value is -2.34. The molecule has 1 aromatic heterocycles. The van der Waals surface area contributed by atoms with Crippen LogP contribution >= 0.6 is 11.6 Å². The number of methoxy groups -OCH3 is 1. The van der Waals surface area contributed by atoms with Crippen LogP contribution in [0.4, 0.5) is 5.69 Å². The summed E-state index contributed by atoms with van der Waals surface area (Å²) in [5.41, 5.74) is 0.261. The molecular weight excluding hydrogens is 282 g/mol. The fraction of sp³-hybridized carbons (Fsp3) is 0.154. The molecule has 104 valence electrons. The van der Waals surface area contributed by atoms with E-state index in [0.29, 0.717) is 16.5 Å². The molecule has 0 saturated carbocycles. The highest BCUT2D eigenvalue weighted by molar-refractivity contribution is 6.31. The Labute approximate surface area is 119 Å². The normalized spacial score (nSPS) is 10.2. The van der Waals surface area contributed by atoms with Gasteiger partial charge in [0.15, 0.2) is 0 Å². The monoisotopic (exact) mass is 293 g/mol. The number of carbonyl (C=O) groups is 1. The van der Waals surface area contributed by atoms with Crippen LogP contribution in [-0.2, 0) is 7.05 Å². The molecule has 6 nitrogen and oxygen atoms in total. The van der Waals surface area contributed by atoms with Gasteiger partial charge in [-0.1, -0.05) is 11.6 Å². The molecule has 20 heavy (non-hydrogen) atoms. The lowest BCUT2D eigenvalue weighted by molar-refractivity contribution is 0.101. The molecule has 0 saturated heterocycles. The molecule has 0 fully saturated rings. The lowest BCUT2D eigenvalue weighted by atomic mass is 10.2. The fourth-order valence-corrected chi connectivity index (χ4v) is 1.76. The molecule has 0 atom stereocenters. The molecular formula is C13H12ClN3O3. The number of nitrogens with one attached hydrogen (secondary N) is 1. The molecule has 1 aromatic carbocycles. The Bertz CT molecular complexity index is 712. The van der Waals surface area contributed by atoms with Gasteiger partial charge in [0.25, 0.3) is 11.5 Å². The van der Waals surface area contributed by atoms with Crippen molar-refractivity contribution in [3.8, 4) is 5.75 Å².